The van der Waals surface area contributed by atoms with E-state index in [2.05, 4.69) is 26.7 Å². The number of rotatable bonds is 8. The van der Waals surface area contributed by atoms with Crippen LogP contribution in [0.4, 0.5) is 17.2 Å². The Labute approximate surface area is 207 Å². The van der Waals surface area contributed by atoms with Crippen molar-refractivity contribution in [3.8, 4) is 17.6 Å². The Morgan fingerprint density at radius 2 is 1.97 bits per heavy atom. The number of aromatic nitrogens is 2. The zero-order valence-electron chi connectivity index (χ0n) is 19.1. The maximum atomic E-state index is 11.6. The number of nitrogens with one attached hydrogen (secondary N) is 2. The second-order valence-corrected chi connectivity index (χ2v) is 7.94. The van der Waals surface area contributed by atoms with Crippen molar-refractivity contribution in [2.45, 2.75) is 20.5 Å². The number of hydrogen-bond donors (Lipinski definition) is 2. The normalized spacial score (nSPS) is 10.5. The third kappa shape index (κ3) is 5.78. The van der Waals surface area contributed by atoms with Gasteiger partial charge in [0, 0.05) is 30.3 Å². The fourth-order valence-corrected chi connectivity index (χ4v) is 3.65. The highest BCUT2D eigenvalue weighted by Crippen LogP contribution is 2.34. The summed E-state index contributed by atoms with van der Waals surface area (Å²) in [5.74, 6) is 1.16. The monoisotopic (exact) mass is 487 g/mol. The Kier molecular flexibility index (Phi) is 7.29. The molecule has 35 heavy (non-hydrogen) atoms. The van der Waals surface area contributed by atoms with Crippen LogP contribution in [0, 0.1) is 11.3 Å². The maximum Gasteiger partial charge on any atom is 0.221 e. The van der Waals surface area contributed by atoms with Crippen molar-refractivity contribution in [3.05, 3.63) is 77.1 Å². The van der Waals surface area contributed by atoms with Crippen LogP contribution in [0.25, 0.3) is 10.9 Å². The first kappa shape index (κ1) is 23.8. The van der Waals surface area contributed by atoms with Gasteiger partial charge in [-0.25, -0.2) is 4.98 Å². The molecule has 2 N–H and O–H groups in total. The van der Waals surface area contributed by atoms with Gasteiger partial charge in [0.15, 0.2) is 0 Å². The summed E-state index contributed by atoms with van der Waals surface area (Å²) in [6.45, 7) is 3.99. The van der Waals surface area contributed by atoms with E-state index < -0.39 is 0 Å². The molecule has 0 radical (unpaired) electrons. The summed E-state index contributed by atoms with van der Waals surface area (Å²) in [5.41, 5.74) is 2.89. The lowest BCUT2D eigenvalue weighted by atomic mass is 10.1. The summed E-state index contributed by atoms with van der Waals surface area (Å²) in [6, 6.07) is 18.2. The summed E-state index contributed by atoms with van der Waals surface area (Å²) >= 11 is 6.42. The van der Waals surface area contributed by atoms with Gasteiger partial charge < -0.3 is 20.1 Å². The van der Waals surface area contributed by atoms with Gasteiger partial charge in [0.25, 0.3) is 0 Å². The van der Waals surface area contributed by atoms with Crippen molar-refractivity contribution < 1.29 is 14.3 Å². The number of benzene rings is 2. The Morgan fingerprint density at radius 3 is 2.66 bits per heavy atom. The number of hydrogen-bond acceptors (Lipinski definition) is 7. The van der Waals surface area contributed by atoms with Crippen LogP contribution >= 0.6 is 11.6 Å². The summed E-state index contributed by atoms with van der Waals surface area (Å²) in [4.78, 5) is 20.4. The van der Waals surface area contributed by atoms with Gasteiger partial charge in [-0.3, -0.25) is 9.78 Å². The van der Waals surface area contributed by atoms with Crippen LogP contribution in [0.5, 0.6) is 11.5 Å². The molecule has 2 aromatic heterocycles. The third-order valence-corrected chi connectivity index (χ3v) is 5.24. The number of fused-ring (bicyclic) bond motifs is 1. The summed E-state index contributed by atoms with van der Waals surface area (Å²) < 4.78 is 11.4. The predicted molar refractivity (Wildman–Crippen MR) is 135 cm³/mol. The van der Waals surface area contributed by atoms with Gasteiger partial charge in [-0.2, -0.15) is 5.26 Å². The van der Waals surface area contributed by atoms with Crippen LogP contribution in [0.2, 0.25) is 5.02 Å². The van der Waals surface area contributed by atoms with Gasteiger partial charge >= 0.3 is 0 Å². The topological polar surface area (TPSA) is 109 Å². The minimum atomic E-state index is -0.221. The van der Waals surface area contributed by atoms with Gasteiger partial charge in [-0.15, -0.1) is 0 Å². The zero-order chi connectivity index (χ0) is 24.8. The number of carbonyl (C=O) groups excluding carboxylic acids is 1. The number of pyridine rings is 2. The molecular weight excluding hydrogens is 466 g/mol. The maximum absolute atomic E-state index is 11.6. The second-order valence-electron chi connectivity index (χ2n) is 7.53. The average Bonchev–Trinajstić information content (AvgIpc) is 2.84. The number of nitrogens with zero attached hydrogens (tertiary/aromatic N) is 3. The molecule has 0 aliphatic heterocycles. The molecule has 0 saturated heterocycles. The van der Waals surface area contributed by atoms with E-state index in [4.69, 9.17) is 21.1 Å². The van der Waals surface area contributed by atoms with Gasteiger partial charge in [0.1, 0.15) is 30.0 Å². The first-order chi connectivity index (χ1) is 17.0. The highest BCUT2D eigenvalue weighted by atomic mass is 35.5. The number of ether oxygens (including phenoxy) is 2. The number of halogens is 1. The van der Waals surface area contributed by atoms with Crippen molar-refractivity contribution >= 4 is 45.6 Å². The molecule has 0 fully saturated rings. The molecule has 2 heterocycles. The molecule has 0 aliphatic carbocycles. The van der Waals surface area contributed by atoms with E-state index >= 15 is 0 Å². The summed E-state index contributed by atoms with van der Waals surface area (Å²) in [5, 5.41) is 16.7. The fourth-order valence-electron chi connectivity index (χ4n) is 3.41. The smallest absolute Gasteiger partial charge is 0.221 e. The molecule has 0 bridgehead atoms. The summed E-state index contributed by atoms with van der Waals surface area (Å²) in [6.07, 6.45) is 1.70. The van der Waals surface area contributed by atoms with Crippen LogP contribution in [0.15, 0.2) is 60.8 Å². The first-order valence-corrected chi connectivity index (χ1v) is 11.2. The third-order valence-electron chi connectivity index (χ3n) is 4.94. The SMILES string of the molecule is CCOc1cc2nc(Nc3ccc(OCc4ccccn4)c(Cl)c3)c(C#N)cc2cc1NC(C)=O. The Hall–Kier alpha value is -4.35. The molecular formula is C26H22ClN5O3. The lowest BCUT2D eigenvalue weighted by Gasteiger charge is -2.14. The second kappa shape index (κ2) is 10.7. The van der Waals surface area contributed by atoms with Crippen molar-refractivity contribution in [1.82, 2.24) is 9.97 Å². The number of amides is 1. The molecule has 0 saturated carbocycles. The lowest BCUT2D eigenvalue weighted by Crippen LogP contribution is -2.08. The zero-order valence-corrected chi connectivity index (χ0v) is 19.9. The quantitative estimate of drug-likeness (QED) is 0.321. The van der Waals surface area contributed by atoms with Crippen LogP contribution in [-0.2, 0) is 11.4 Å². The van der Waals surface area contributed by atoms with Gasteiger partial charge in [-0.1, -0.05) is 17.7 Å². The predicted octanol–water partition coefficient (Wildman–Crippen LogP) is 5.83. The highest BCUT2D eigenvalue weighted by molar-refractivity contribution is 6.32. The Bertz CT molecular complexity index is 1420. The van der Waals surface area contributed by atoms with Gasteiger partial charge in [-0.05, 0) is 49.4 Å². The van der Waals surface area contributed by atoms with Crippen molar-refractivity contribution in [2.75, 3.05) is 17.2 Å². The van der Waals surface area contributed by atoms with E-state index in [1.807, 2.05) is 25.1 Å². The largest absolute Gasteiger partial charge is 0.492 e. The summed E-state index contributed by atoms with van der Waals surface area (Å²) in [7, 11) is 0. The highest BCUT2D eigenvalue weighted by Gasteiger charge is 2.13. The molecule has 0 unspecified atom stereocenters. The Balaban J connectivity index is 1.60. The first-order valence-electron chi connectivity index (χ1n) is 10.9. The van der Waals surface area contributed by atoms with E-state index in [0.29, 0.717) is 63.4 Å². The molecule has 8 nitrogen and oxygen atoms in total. The minimum absolute atomic E-state index is 0.221. The minimum Gasteiger partial charge on any atom is -0.492 e. The van der Waals surface area contributed by atoms with E-state index in [-0.39, 0.29) is 5.91 Å². The molecule has 176 valence electrons. The molecule has 4 aromatic rings. The molecule has 1 amide bonds. The molecule has 0 atom stereocenters. The fraction of sp³-hybridized carbons (Fsp3) is 0.154. The number of carbonyl (C=O) groups is 1. The lowest BCUT2D eigenvalue weighted by molar-refractivity contribution is -0.114. The van der Waals surface area contributed by atoms with Crippen molar-refractivity contribution in [1.29, 1.82) is 5.26 Å². The average molecular weight is 488 g/mol. The van der Waals surface area contributed by atoms with E-state index in [0.717, 1.165) is 5.69 Å². The van der Waals surface area contributed by atoms with E-state index in [1.54, 1.807) is 42.6 Å². The number of anilines is 3. The van der Waals surface area contributed by atoms with E-state index in [1.165, 1.54) is 6.92 Å². The van der Waals surface area contributed by atoms with Crippen LogP contribution in [0.3, 0.4) is 0 Å². The van der Waals surface area contributed by atoms with Gasteiger partial charge in [0.05, 0.1) is 34.1 Å². The van der Waals surface area contributed by atoms with Crippen LogP contribution in [0.1, 0.15) is 25.1 Å². The van der Waals surface area contributed by atoms with E-state index in [9.17, 15) is 10.1 Å². The van der Waals surface area contributed by atoms with Crippen molar-refractivity contribution in [3.63, 3.8) is 0 Å². The van der Waals surface area contributed by atoms with Crippen LogP contribution < -0.4 is 20.1 Å². The molecule has 9 heteroatoms. The molecule has 0 aliphatic rings. The Morgan fingerprint density at radius 1 is 1.11 bits per heavy atom. The van der Waals surface area contributed by atoms with Crippen molar-refractivity contribution in [2.24, 2.45) is 0 Å². The molecule has 4 rings (SSSR count). The number of nitriles is 1. The van der Waals surface area contributed by atoms with Gasteiger partial charge in [0.2, 0.25) is 5.91 Å². The standard InChI is InChI=1S/C26H22ClN5O3/c1-3-34-25-13-22-17(11-23(25)30-16(2)33)10-18(14-28)26(32-22)31-19-7-8-24(21(27)12-19)35-15-20-6-4-5-9-29-20/h4-13H,3,15H2,1-2H3,(H,30,33)(H,31,32). The van der Waals surface area contributed by atoms with Crippen LogP contribution in [-0.4, -0.2) is 22.5 Å². The molecule has 0 spiro atoms. The molecule has 2 aromatic carbocycles.